The van der Waals surface area contributed by atoms with Crippen LogP contribution >= 0.6 is 0 Å². The van der Waals surface area contributed by atoms with Gasteiger partial charge >= 0.3 is 29.6 Å². The van der Waals surface area contributed by atoms with Crippen molar-refractivity contribution in [3.8, 4) is 0 Å². The molecule has 0 aromatic rings. The fraction of sp³-hybridized carbons (Fsp3) is 1.00. The van der Waals surface area contributed by atoms with Gasteiger partial charge in [0, 0.05) is 11.1 Å². The van der Waals surface area contributed by atoms with Crippen LogP contribution in [0.25, 0.3) is 0 Å². The van der Waals surface area contributed by atoms with E-state index in [9.17, 15) is 0 Å². The average molecular weight is 140 g/mol. The van der Waals surface area contributed by atoms with Gasteiger partial charge < -0.3 is 12.9 Å². The molecule has 0 aromatic carbocycles. The third-order valence-electron chi connectivity index (χ3n) is 1.66. The summed E-state index contributed by atoms with van der Waals surface area (Å²) in [4.78, 5) is 0. The first-order valence-electron chi connectivity index (χ1n) is 2.83. The van der Waals surface area contributed by atoms with Crippen LogP contribution in [-0.4, -0.2) is 11.1 Å². The van der Waals surface area contributed by atoms with E-state index in [0.717, 1.165) is 0 Å². The Morgan fingerprint density at radius 3 is 1.00 bits per heavy atom. The molecular formula is C6H17N2Na. The molecular weight excluding hydrogens is 123 g/mol. The van der Waals surface area contributed by atoms with Crippen molar-refractivity contribution in [2.45, 2.75) is 38.8 Å². The molecule has 0 aliphatic heterocycles. The second-order valence-corrected chi connectivity index (χ2v) is 3.44. The quantitative estimate of drug-likeness (QED) is 0.398. The average Bonchev–Trinajstić information content (AvgIpc) is 1.25. The van der Waals surface area contributed by atoms with Crippen LogP contribution in [0.5, 0.6) is 0 Å². The van der Waals surface area contributed by atoms with Gasteiger partial charge in [0.15, 0.2) is 0 Å². The van der Waals surface area contributed by atoms with Gasteiger partial charge in [0.25, 0.3) is 0 Å². The maximum absolute atomic E-state index is 5.69. The van der Waals surface area contributed by atoms with E-state index in [1.807, 2.05) is 27.7 Å². The normalized spacial score (nSPS) is 12.7. The Hall–Kier alpha value is 0.920. The van der Waals surface area contributed by atoms with Gasteiger partial charge in [0.05, 0.1) is 0 Å². The molecule has 0 spiro atoms. The second-order valence-electron chi connectivity index (χ2n) is 3.44. The van der Waals surface area contributed by atoms with Crippen molar-refractivity contribution in [2.75, 3.05) is 0 Å². The Balaban J connectivity index is -0.000000245. The van der Waals surface area contributed by atoms with Crippen LogP contribution < -0.4 is 41.0 Å². The van der Waals surface area contributed by atoms with Gasteiger partial charge in [-0.3, -0.25) is 0 Å². The molecule has 3 heteroatoms. The van der Waals surface area contributed by atoms with Crippen molar-refractivity contribution in [1.29, 1.82) is 0 Å². The van der Waals surface area contributed by atoms with Gasteiger partial charge in [-0.15, -0.1) is 0 Å². The number of hydrogen-bond acceptors (Lipinski definition) is 2. The minimum absolute atomic E-state index is 0. The molecule has 0 aromatic heterocycles. The van der Waals surface area contributed by atoms with Crippen LogP contribution in [0, 0.1) is 0 Å². The molecule has 0 rings (SSSR count). The van der Waals surface area contributed by atoms with E-state index in [2.05, 4.69) is 0 Å². The van der Waals surface area contributed by atoms with E-state index in [4.69, 9.17) is 11.5 Å². The van der Waals surface area contributed by atoms with E-state index < -0.39 is 0 Å². The van der Waals surface area contributed by atoms with Gasteiger partial charge in [0.2, 0.25) is 0 Å². The summed E-state index contributed by atoms with van der Waals surface area (Å²) in [6, 6.07) is 0. The first-order chi connectivity index (χ1) is 3.25. The van der Waals surface area contributed by atoms with Crippen LogP contribution in [0.2, 0.25) is 0 Å². The molecule has 0 saturated carbocycles. The molecule has 0 amide bonds. The summed E-state index contributed by atoms with van der Waals surface area (Å²) in [5, 5.41) is 0. The van der Waals surface area contributed by atoms with Crippen molar-refractivity contribution in [1.82, 2.24) is 0 Å². The Kier molecular flexibility index (Phi) is 4.69. The van der Waals surface area contributed by atoms with Crippen molar-refractivity contribution < 1.29 is 31.0 Å². The summed E-state index contributed by atoms with van der Waals surface area (Å²) in [6.07, 6.45) is 0. The molecule has 4 N–H and O–H groups in total. The van der Waals surface area contributed by atoms with E-state index in [1.54, 1.807) is 0 Å². The summed E-state index contributed by atoms with van der Waals surface area (Å²) in [6.45, 7) is 7.69. The molecule has 0 aliphatic rings. The third kappa shape index (κ3) is 4.34. The van der Waals surface area contributed by atoms with Gasteiger partial charge in [-0.25, -0.2) is 0 Å². The van der Waals surface area contributed by atoms with Crippen LogP contribution in [0.15, 0.2) is 0 Å². The van der Waals surface area contributed by atoms with E-state index in [-0.39, 0.29) is 42.1 Å². The molecule has 0 radical (unpaired) electrons. The zero-order valence-corrected chi connectivity index (χ0v) is 9.15. The van der Waals surface area contributed by atoms with Crippen LogP contribution in [0.1, 0.15) is 29.1 Å². The SMILES string of the molecule is CC(C)(N)C(C)(C)N.[H-].[Na+]. The molecule has 0 saturated heterocycles. The fourth-order valence-electron chi connectivity index (χ4n) is 0. The second kappa shape index (κ2) is 3.35. The summed E-state index contributed by atoms with van der Waals surface area (Å²) in [5.41, 5.74) is 10.8. The van der Waals surface area contributed by atoms with Crippen molar-refractivity contribution in [3.05, 3.63) is 0 Å². The fourth-order valence-corrected chi connectivity index (χ4v) is 0. The van der Waals surface area contributed by atoms with Gasteiger partial charge in [0.1, 0.15) is 0 Å². The minimum atomic E-state index is -0.285. The van der Waals surface area contributed by atoms with E-state index >= 15 is 0 Å². The molecule has 9 heavy (non-hydrogen) atoms. The van der Waals surface area contributed by atoms with E-state index in [0.29, 0.717) is 0 Å². The summed E-state index contributed by atoms with van der Waals surface area (Å²) < 4.78 is 0. The molecule has 0 bridgehead atoms. The molecule has 0 heterocycles. The number of hydrogen-bond donors (Lipinski definition) is 2. The first kappa shape index (κ1) is 12.6. The van der Waals surface area contributed by atoms with Crippen LogP contribution in [0.4, 0.5) is 0 Å². The Morgan fingerprint density at radius 2 is 1.00 bits per heavy atom. The Bertz CT molecular complexity index is 70.7. The van der Waals surface area contributed by atoms with Crippen LogP contribution in [0.3, 0.4) is 0 Å². The molecule has 0 atom stereocenters. The van der Waals surface area contributed by atoms with Gasteiger partial charge in [-0.2, -0.15) is 0 Å². The summed E-state index contributed by atoms with van der Waals surface area (Å²) in [7, 11) is 0. The molecule has 0 unspecified atom stereocenters. The predicted octanol–water partition coefficient (Wildman–Crippen LogP) is -2.42. The summed E-state index contributed by atoms with van der Waals surface area (Å²) in [5.74, 6) is 0. The van der Waals surface area contributed by atoms with Gasteiger partial charge in [-0.1, -0.05) is 0 Å². The van der Waals surface area contributed by atoms with Crippen molar-refractivity contribution in [2.24, 2.45) is 11.5 Å². The zero-order valence-electron chi connectivity index (χ0n) is 8.15. The maximum atomic E-state index is 5.69. The van der Waals surface area contributed by atoms with Crippen LogP contribution in [-0.2, 0) is 0 Å². The monoisotopic (exact) mass is 140 g/mol. The van der Waals surface area contributed by atoms with Crippen molar-refractivity contribution >= 4 is 0 Å². The van der Waals surface area contributed by atoms with E-state index in [1.165, 1.54) is 0 Å². The first-order valence-corrected chi connectivity index (χ1v) is 2.83. The predicted molar refractivity (Wildman–Crippen MR) is 37.6 cm³/mol. The molecule has 0 fully saturated rings. The Labute approximate surface area is 81.1 Å². The minimum Gasteiger partial charge on any atom is -1.00 e. The zero-order chi connectivity index (χ0) is 7.00. The summed E-state index contributed by atoms with van der Waals surface area (Å²) >= 11 is 0. The number of nitrogens with two attached hydrogens (primary N) is 2. The third-order valence-corrected chi connectivity index (χ3v) is 1.66. The molecule has 2 nitrogen and oxygen atoms in total. The molecule has 52 valence electrons. The standard InChI is InChI=1S/C6H16N2.Na.H/c1-5(2,7)6(3,4)8;;/h7-8H2,1-4H3;;/q;+1;-1. The van der Waals surface area contributed by atoms with Gasteiger partial charge in [-0.05, 0) is 27.7 Å². The largest absolute Gasteiger partial charge is 1.00 e. The maximum Gasteiger partial charge on any atom is 1.00 e. The smallest absolute Gasteiger partial charge is 1.00 e. The Morgan fingerprint density at radius 1 is 0.889 bits per heavy atom. The van der Waals surface area contributed by atoms with Crippen molar-refractivity contribution in [3.63, 3.8) is 0 Å². The number of rotatable bonds is 1. The molecule has 0 aliphatic carbocycles. The topological polar surface area (TPSA) is 52.0 Å².